The summed E-state index contributed by atoms with van der Waals surface area (Å²) >= 11 is 0. The second kappa shape index (κ2) is 8.95. The van der Waals surface area contributed by atoms with E-state index < -0.39 is 5.97 Å². The number of esters is 1. The summed E-state index contributed by atoms with van der Waals surface area (Å²) in [6, 6.07) is 15.5. The number of amides is 1. The lowest BCUT2D eigenvalue weighted by Gasteiger charge is -2.16. The summed E-state index contributed by atoms with van der Waals surface area (Å²) in [5.74, 6) is -0.902. The average molecular weight is 405 g/mol. The number of hydrogen-bond donors (Lipinski definition) is 1. The Morgan fingerprint density at radius 2 is 1.73 bits per heavy atom. The molecule has 2 aromatic carbocycles. The van der Waals surface area contributed by atoms with Gasteiger partial charge < -0.3 is 10.1 Å². The number of aryl methyl sites for hydroxylation is 3. The van der Waals surface area contributed by atoms with Gasteiger partial charge >= 0.3 is 5.97 Å². The number of carbonyl (C=O) groups excluding carboxylic acids is 2. The van der Waals surface area contributed by atoms with Crippen molar-refractivity contribution in [2.75, 3.05) is 6.61 Å². The first-order valence-corrected chi connectivity index (χ1v) is 9.93. The molecule has 1 amide bonds. The van der Waals surface area contributed by atoms with Gasteiger partial charge in [-0.15, -0.1) is 0 Å². The molecule has 1 atom stereocenters. The Morgan fingerprint density at radius 3 is 2.40 bits per heavy atom. The molecule has 0 spiro atoms. The van der Waals surface area contributed by atoms with Crippen molar-refractivity contribution in [1.29, 1.82) is 0 Å². The molecule has 30 heavy (non-hydrogen) atoms. The third-order valence-electron chi connectivity index (χ3n) is 5.24. The van der Waals surface area contributed by atoms with E-state index in [4.69, 9.17) is 4.74 Å². The number of para-hydroxylation sites is 1. The van der Waals surface area contributed by atoms with Crippen LogP contribution >= 0.6 is 0 Å². The fourth-order valence-corrected chi connectivity index (χ4v) is 3.36. The van der Waals surface area contributed by atoms with Crippen molar-refractivity contribution in [3.05, 3.63) is 82.2 Å². The molecule has 1 heterocycles. The standard InChI is InChI=1S/C24H27N3O3/c1-15-11-12-20(13-16(15)2)17(3)25-22(28)14-30-24(29)23-18(4)26-27(19(23)5)21-9-7-6-8-10-21/h6-13,17H,14H2,1-5H3,(H,25,28)/t17-/m1/s1. The molecule has 0 saturated heterocycles. The molecule has 0 aliphatic heterocycles. The molecule has 1 aromatic heterocycles. The molecule has 0 aliphatic carbocycles. The van der Waals surface area contributed by atoms with Gasteiger partial charge in [0.05, 0.1) is 23.1 Å². The molecule has 1 N–H and O–H groups in total. The van der Waals surface area contributed by atoms with E-state index in [1.54, 1.807) is 11.6 Å². The molecule has 0 radical (unpaired) electrons. The molecule has 0 unspecified atom stereocenters. The minimum atomic E-state index is -0.554. The number of carbonyl (C=O) groups is 2. The third-order valence-corrected chi connectivity index (χ3v) is 5.24. The molecule has 0 fully saturated rings. The van der Waals surface area contributed by atoms with Gasteiger partial charge in [-0.05, 0) is 63.4 Å². The monoisotopic (exact) mass is 405 g/mol. The average Bonchev–Trinajstić information content (AvgIpc) is 3.03. The Hall–Kier alpha value is -3.41. The molecule has 6 nitrogen and oxygen atoms in total. The van der Waals surface area contributed by atoms with Gasteiger partial charge in [0.2, 0.25) is 0 Å². The van der Waals surface area contributed by atoms with Gasteiger partial charge in [-0.25, -0.2) is 9.48 Å². The third kappa shape index (κ3) is 4.59. The lowest BCUT2D eigenvalue weighted by molar-refractivity contribution is -0.124. The normalized spacial score (nSPS) is 11.8. The van der Waals surface area contributed by atoms with Crippen LogP contribution in [0.4, 0.5) is 0 Å². The number of nitrogens with one attached hydrogen (secondary N) is 1. The maximum absolute atomic E-state index is 12.6. The van der Waals surface area contributed by atoms with Gasteiger partial charge in [0.25, 0.3) is 5.91 Å². The van der Waals surface area contributed by atoms with Gasteiger partial charge in [-0.3, -0.25) is 4.79 Å². The molecule has 0 bridgehead atoms. The number of benzene rings is 2. The van der Waals surface area contributed by atoms with E-state index in [2.05, 4.69) is 16.5 Å². The van der Waals surface area contributed by atoms with Crippen LogP contribution in [0.3, 0.4) is 0 Å². The van der Waals surface area contributed by atoms with Gasteiger partial charge in [0.1, 0.15) is 5.56 Å². The molecule has 156 valence electrons. The molecule has 3 rings (SSSR count). The number of aromatic nitrogens is 2. The van der Waals surface area contributed by atoms with Crippen LogP contribution in [0.15, 0.2) is 48.5 Å². The fraction of sp³-hybridized carbons (Fsp3) is 0.292. The molecule has 6 heteroatoms. The van der Waals surface area contributed by atoms with E-state index in [1.807, 2.05) is 70.2 Å². The zero-order valence-corrected chi connectivity index (χ0v) is 18.0. The van der Waals surface area contributed by atoms with Crippen LogP contribution in [-0.4, -0.2) is 28.3 Å². The zero-order valence-electron chi connectivity index (χ0n) is 18.0. The van der Waals surface area contributed by atoms with Crippen molar-refractivity contribution in [3.63, 3.8) is 0 Å². The van der Waals surface area contributed by atoms with Crippen LogP contribution < -0.4 is 5.32 Å². The van der Waals surface area contributed by atoms with Crippen LogP contribution in [0.2, 0.25) is 0 Å². The highest BCUT2D eigenvalue weighted by molar-refractivity contribution is 5.93. The highest BCUT2D eigenvalue weighted by Gasteiger charge is 2.22. The summed E-state index contributed by atoms with van der Waals surface area (Å²) in [4.78, 5) is 24.9. The predicted molar refractivity (Wildman–Crippen MR) is 116 cm³/mol. The minimum absolute atomic E-state index is 0.181. The van der Waals surface area contributed by atoms with Crippen molar-refractivity contribution in [3.8, 4) is 5.69 Å². The van der Waals surface area contributed by atoms with Crippen LogP contribution in [0, 0.1) is 27.7 Å². The lowest BCUT2D eigenvalue weighted by Crippen LogP contribution is -2.31. The summed E-state index contributed by atoms with van der Waals surface area (Å²) in [7, 11) is 0. The van der Waals surface area contributed by atoms with E-state index in [-0.39, 0.29) is 18.6 Å². The fourth-order valence-electron chi connectivity index (χ4n) is 3.36. The summed E-state index contributed by atoms with van der Waals surface area (Å²) in [5, 5.41) is 7.32. The lowest BCUT2D eigenvalue weighted by atomic mass is 10.0. The second-order valence-corrected chi connectivity index (χ2v) is 7.50. The largest absolute Gasteiger partial charge is 0.452 e. The highest BCUT2D eigenvalue weighted by atomic mass is 16.5. The van der Waals surface area contributed by atoms with Gasteiger partial charge in [-0.2, -0.15) is 5.10 Å². The van der Waals surface area contributed by atoms with Gasteiger partial charge in [-0.1, -0.05) is 36.4 Å². The first kappa shape index (κ1) is 21.3. The van der Waals surface area contributed by atoms with Crippen LogP contribution in [0.25, 0.3) is 5.69 Å². The second-order valence-electron chi connectivity index (χ2n) is 7.50. The number of hydrogen-bond acceptors (Lipinski definition) is 4. The molecule has 0 saturated carbocycles. The van der Waals surface area contributed by atoms with Gasteiger partial charge in [0.15, 0.2) is 6.61 Å². The van der Waals surface area contributed by atoms with Crippen molar-refractivity contribution in [2.45, 2.75) is 40.7 Å². The Kier molecular flexibility index (Phi) is 6.35. The molecular formula is C24H27N3O3. The summed E-state index contributed by atoms with van der Waals surface area (Å²) in [6.07, 6.45) is 0. The van der Waals surface area contributed by atoms with E-state index in [0.29, 0.717) is 17.0 Å². The van der Waals surface area contributed by atoms with Crippen molar-refractivity contribution < 1.29 is 14.3 Å². The maximum atomic E-state index is 12.6. The zero-order chi connectivity index (χ0) is 21.8. The Bertz CT molecular complexity index is 1070. The van der Waals surface area contributed by atoms with Gasteiger partial charge in [0, 0.05) is 0 Å². The number of ether oxygens (including phenoxy) is 1. The highest BCUT2D eigenvalue weighted by Crippen LogP contribution is 2.19. The van der Waals surface area contributed by atoms with Crippen molar-refractivity contribution >= 4 is 11.9 Å². The summed E-state index contributed by atoms with van der Waals surface area (Å²) in [5.41, 5.74) is 5.85. The summed E-state index contributed by atoms with van der Waals surface area (Å²) < 4.78 is 6.98. The Balaban J connectivity index is 1.63. The molecule has 3 aromatic rings. The Labute approximate surface area is 176 Å². The first-order chi connectivity index (χ1) is 14.3. The van der Waals surface area contributed by atoms with E-state index in [9.17, 15) is 9.59 Å². The smallest absolute Gasteiger partial charge is 0.342 e. The predicted octanol–water partition coefficient (Wildman–Crippen LogP) is 4.14. The number of rotatable bonds is 6. The number of nitrogens with zero attached hydrogens (tertiary/aromatic N) is 2. The Morgan fingerprint density at radius 1 is 1.03 bits per heavy atom. The SMILES string of the molecule is Cc1ccc([C@@H](C)NC(=O)COC(=O)c2c(C)nn(-c3ccccc3)c2C)cc1C. The summed E-state index contributed by atoms with van der Waals surface area (Å²) in [6.45, 7) is 9.21. The minimum Gasteiger partial charge on any atom is -0.452 e. The molecule has 0 aliphatic rings. The van der Waals surface area contributed by atoms with Crippen molar-refractivity contribution in [1.82, 2.24) is 15.1 Å². The van der Waals surface area contributed by atoms with E-state index >= 15 is 0 Å². The maximum Gasteiger partial charge on any atom is 0.342 e. The topological polar surface area (TPSA) is 73.2 Å². The quantitative estimate of drug-likeness (QED) is 0.626. The molecular weight excluding hydrogens is 378 g/mol. The van der Waals surface area contributed by atoms with Crippen LogP contribution in [-0.2, 0) is 9.53 Å². The van der Waals surface area contributed by atoms with Crippen molar-refractivity contribution in [2.24, 2.45) is 0 Å². The van der Waals surface area contributed by atoms with Crippen LogP contribution in [0.5, 0.6) is 0 Å². The van der Waals surface area contributed by atoms with E-state index in [0.717, 1.165) is 11.3 Å². The van der Waals surface area contributed by atoms with Crippen LogP contribution in [0.1, 0.15) is 51.4 Å². The first-order valence-electron chi connectivity index (χ1n) is 9.93. The van der Waals surface area contributed by atoms with E-state index in [1.165, 1.54) is 11.1 Å².